The molecule has 0 N–H and O–H groups in total. The van der Waals surface area contributed by atoms with Gasteiger partial charge in [0.2, 0.25) is 5.82 Å². The lowest BCUT2D eigenvalue weighted by Crippen LogP contribution is -2.10. The monoisotopic (exact) mass is 416 g/mol. The summed E-state index contributed by atoms with van der Waals surface area (Å²) in [5.74, 6) is -2.69. The SMILES string of the molecule is C=CCCc1ccc(OC(=O)c2ccc(OCCCCCCCC)cc2)c(F)c1F. The average Bonchev–Trinajstić information content (AvgIpc) is 2.76. The van der Waals surface area contributed by atoms with Gasteiger partial charge >= 0.3 is 5.97 Å². The topological polar surface area (TPSA) is 35.5 Å². The Morgan fingerprint density at radius 1 is 0.967 bits per heavy atom. The second kappa shape index (κ2) is 12.8. The number of benzene rings is 2. The van der Waals surface area contributed by atoms with Gasteiger partial charge in [-0.25, -0.2) is 9.18 Å². The summed E-state index contributed by atoms with van der Waals surface area (Å²) in [5.41, 5.74) is 0.455. The van der Waals surface area contributed by atoms with Crippen LogP contribution in [0.5, 0.6) is 11.5 Å². The molecule has 2 aromatic rings. The number of rotatable bonds is 13. The van der Waals surface area contributed by atoms with Crippen molar-refractivity contribution in [1.29, 1.82) is 0 Å². The molecule has 0 atom stereocenters. The summed E-state index contributed by atoms with van der Waals surface area (Å²) in [5, 5.41) is 0. The Hall–Kier alpha value is -2.69. The Kier molecular flexibility index (Phi) is 10.1. The number of carbonyl (C=O) groups is 1. The van der Waals surface area contributed by atoms with Crippen molar-refractivity contribution < 1.29 is 23.0 Å². The fourth-order valence-electron chi connectivity index (χ4n) is 3.02. The molecular weight excluding hydrogens is 386 g/mol. The molecule has 0 saturated heterocycles. The van der Waals surface area contributed by atoms with Gasteiger partial charge in [-0.1, -0.05) is 51.2 Å². The number of esters is 1. The van der Waals surface area contributed by atoms with Crippen LogP contribution in [0.4, 0.5) is 8.78 Å². The van der Waals surface area contributed by atoms with E-state index in [0.29, 0.717) is 25.2 Å². The molecule has 0 unspecified atom stereocenters. The van der Waals surface area contributed by atoms with Crippen LogP contribution in [0.15, 0.2) is 49.1 Å². The van der Waals surface area contributed by atoms with Crippen LogP contribution in [0.2, 0.25) is 0 Å². The van der Waals surface area contributed by atoms with Gasteiger partial charge < -0.3 is 9.47 Å². The molecule has 0 bridgehead atoms. The lowest BCUT2D eigenvalue weighted by molar-refractivity contribution is 0.0726. The Bertz CT molecular complexity index is 816. The van der Waals surface area contributed by atoms with E-state index < -0.39 is 23.4 Å². The molecule has 0 heterocycles. The Balaban J connectivity index is 1.86. The average molecular weight is 417 g/mol. The molecule has 0 spiro atoms. The highest BCUT2D eigenvalue weighted by molar-refractivity contribution is 5.91. The molecule has 2 aromatic carbocycles. The number of allylic oxidation sites excluding steroid dienone is 1. The molecule has 0 aliphatic rings. The molecule has 3 nitrogen and oxygen atoms in total. The zero-order valence-corrected chi connectivity index (χ0v) is 17.6. The van der Waals surface area contributed by atoms with Gasteiger partial charge in [0.25, 0.3) is 0 Å². The first-order valence-corrected chi connectivity index (χ1v) is 10.6. The molecule has 0 saturated carbocycles. The van der Waals surface area contributed by atoms with Crippen molar-refractivity contribution in [2.24, 2.45) is 0 Å². The second-order valence-corrected chi connectivity index (χ2v) is 7.21. The van der Waals surface area contributed by atoms with Crippen molar-refractivity contribution in [3.63, 3.8) is 0 Å². The minimum Gasteiger partial charge on any atom is -0.494 e. The first-order valence-electron chi connectivity index (χ1n) is 10.6. The van der Waals surface area contributed by atoms with Crippen LogP contribution >= 0.6 is 0 Å². The van der Waals surface area contributed by atoms with E-state index in [1.807, 2.05) is 0 Å². The Morgan fingerprint density at radius 3 is 2.37 bits per heavy atom. The van der Waals surface area contributed by atoms with Gasteiger partial charge in [0.15, 0.2) is 11.6 Å². The lowest BCUT2D eigenvalue weighted by atomic mass is 10.1. The smallest absolute Gasteiger partial charge is 0.343 e. The third-order valence-electron chi connectivity index (χ3n) is 4.80. The molecule has 0 fully saturated rings. The van der Waals surface area contributed by atoms with E-state index in [-0.39, 0.29) is 11.1 Å². The maximum absolute atomic E-state index is 14.2. The summed E-state index contributed by atoms with van der Waals surface area (Å²) < 4.78 is 39.0. The summed E-state index contributed by atoms with van der Waals surface area (Å²) in [6.07, 6.45) is 9.60. The molecule has 0 aliphatic carbocycles. The zero-order valence-electron chi connectivity index (χ0n) is 17.6. The van der Waals surface area contributed by atoms with Crippen LogP contribution in [0, 0.1) is 11.6 Å². The van der Waals surface area contributed by atoms with Gasteiger partial charge in [-0.2, -0.15) is 4.39 Å². The van der Waals surface area contributed by atoms with Crippen molar-refractivity contribution in [2.75, 3.05) is 6.61 Å². The van der Waals surface area contributed by atoms with Crippen LogP contribution in [0.25, 0.3) is 0 Å². The number of carbonyl (C=O) groups excluding carboxylic acids is 1. The largest absolute Gasteiger partial charge is 0.494 e. The van der Waals surface area contributed by atoms with E-state index in [4.69, 9.17) is 9.47 Å². The van der Waals surface area contributed by atoms with E-state index in [1.165, 1.54) is 37.8 Å². The van der Waals surface area contributed by atoms with Crippen molar-refractivity contribution in [1.82, 2.24) is 0 Å². The minimum atomic E-state index is -1.16. The number of aryl methyl sites for hydroxylation is 1. The fraction of sp³-hybridized carbons (Fsp3) is 0.400. The minimum absolute atomic E-state index is 0.221. The highest BCUT2D eigenvalue weighted by atomic mass is 19.2. The fourth-order valence-corrected chi connectivity index (χ4v) is 3.02. The Morgan fingerprint density at radius 2 is 1.67 bits per heavy atom. The van der Waals surface area contributed by atoms with Crippen LogP contribution in [0.3, 0.4) is 0 Å². The number of ether oxygens (including phenoxy) is 2. The molecule has 0 amide bonds. The van der Waals surface area contributed by atoms with Gasteiger partial charge in [0.1, 0.15) is 5.75 Å². The van der Waals surface area contributed by atoms with E-state index in [9.17, 15) is 13.6 Å². The van der Waals surface area contributed by atoms with Gasteiger partial charge in [-0.3, -0.25) is 0 Å². The second-order valence-electron chi connectivity index (χ2n) is 7.21. The first kappa shape index (κ1) is 23.6. The van der Waals surface area contributed by atoms with E-state index in [1.54, 1.807) is 30.3 Å². The molecule has 5 heteroatoms. The summed E-state index contributed by atoms with van der Waals surface area (Å²) >= 11 is 0. The summed E-state index contributed by atoms with van der Waals surface area (Å²) in [4.78, 5) is 12.3. The van der Waals surface area contributed by atoms with Crippen molar-refractivity contribution >= 4 is 5.97 Å². The first-order chi connectivity index (χ1) is 14.6. The number of halogens is 2. The van der Waals surface area contributed by atoms with Crippen molar-refractivity contribution in [3.8, 4) is 11.5 Å². The van der Waals surface area contributed by atoms with E-state index in [0.717, 1.165) is 12.8 Å². The number of hydrogen-bond acceptors (Lipinski definition) is 3. The third kappa shape index (κ3) is 7.29. The highest BCUT2D eigenvalue weighted by Gasteiger charge is 2.17. The molecule has 162 valence electrons. The predicted molar refractivity (Wildman–Crippen MR) is 115 cm³/mol. The maximum atomic E-state index is 14.2. The molecule has 0 aromatic heterocycles. The zero-order chi connectivity index (χ0) is 21.8. The van der Waals surface area contributed by atoms with E-state index in [2.05, 4.69) is 13.5 Å². The summed E-state index contributed by atoms with van der Waals surface area (Å²) in [6, 6.07) is 9.12. The van der Waals surface area contributed by atoms with Crippen molar-refractivity contribution in [2.45, 2.75) is 58.3 Å². The number of hydrogen-bond donors (Lipinski definition) is 0. The third-order valence-corrected chi connectivity index (χ3v) is 4.80. The van der Waals surface area contributed by atoms with Gasteiger partial charge in [-0.05, 0) is 55.2 Å². The molecule has 30 heavy (non-hydrogen) atoms. The van der Waals surface area contributed by atoms with Crippen LogP contribution in [-0.2, 0) is 6.42 Å². The van der Waals surface area contributed by atoms with Gasteiger partial charge in [0.05, 0.1) is 12.2 Å². The Labute approximate surface area is 177 Å². The molecule has 0 aliphatic heterocycles. The van der Waals surface area contributed by atoms with Crippen LogP contribution in [0.1, 0.15) is 67.8 Å². The standard InChI is InChI=1S/C25H30F2O3/c1-3-5-7-8-9-10-18-29-21-15-12-20(13-16-21)25(28)30-22-17-14-19(11-6-4-2)23(26)24(22)27/h4,12-17H,2-3,5-11,18H2,1H3. The molecule has 2 rings (SSSR count). The van der Waals surface area contributed by atoms with Crippen LogP contribution < -0.4 is 9.47 Å². The quantitative estimate of drug-likeness (QED) is 0.152. The predicted octanol–water partition coefficient (Wildman–Crippen LogP) is 7.04. The normalized spacial score (nSPS) is 10.6. The van der Waals surface area contributed by atoms with Gasteiger partial charge in [0, 0.05) is 0 Å². The summed E-state index contributed by atoms with van der Waals surface area (Å²) in [7, 11) is 0. The van der Waals surface area contributed by atoms with Gasteiger partial charge in [-0.15, -0.1) is 6.58 Å². The van der Waals surface area contributed by atoms with Crippen molar-refractivity contribution in [3.05, 3.63) is 71.8 Å². The lowest BCUT2D eigenvalue weighted by Gasteiger charge is -2.10. The number of unbranched alkanes of at least 4 members (excludes halogenated alkanes) is 5. The highest BCUT2D eigenvalue weighted by Crippen LogP contribution is 2.25. The molecular formula is C25H30F2O3. The van der Waals surface area contributed by atoms with Crippen LogP contribution in [-0.4, -0.2) is 12.6 Å². The van der Waals surface area contributed by atoms with E-state index >= 15 is 0 Å². The summed E-state index contributed by atoms with van der Waals surface area (Å²) in [6.45, 7) is 6.38. The molecule has 0 radical (unpaired) electrons. The maximum Gasteiger partial charge on any atom is 0.343 e.